The molecule has 1 aliphatic rings. The molecule has 2 aromatic rings. The lowest BCUT2D eigenvalue weighted by Gasteiger charge is -2.38. The van der Waals surface area contributed by atoms with Gasteiger partial charge >= 0.3 is 6.01 Å². The van der Waals surface area contributed by atoms with Crippen molar-refractivity contribution in [3.63, 3.8) is 0 Å². The van der Waals surface area contributed by atoms with Gasteiger partial charge in [0.25, 0.3) is 5.56 Å². The van der Waals surface area contributed by atoms with Crippen LogP contribution in [0.15, 0.2) is 35.4 Å². The van der Waals surface area contributed by atoms with E-state index in [2.05, 4.69) is 20.0 Å². The summed E-state index contributed by atoms with van der Waals surface area (Å²) in [4.78, 5) is 22.2. The Morgan fingerprint density at radius 1 is 1.33 bits per heavy atom. The third-order valence-corrected chi connectivity index (χ3v) is 3.51. The van der Waals surface area contributed by atoms with E-state index in [0.717, 1.165) is 25.3 Å². The van der Waals surface area contributed by atoms with Gasteiger partial charge in [-0.15, -0.1) is 0 Å². The number of rotatable bonds is 5. The van der Waals surface area contributed by atoms with E-state index in [-0.39, 0.29) is 5.56 Å². The van der Waals surface area contributed by atoms with Crippen LogP contribution in [0.5, 0.6) is 6.01 Å². The molecular formula is C14H17N5O2. The summed E-state index contributed by atoms with van der Waals surface area (Å²) in [6.45, 7) is 3.32. The summed E-state index contributed by atoms with van der Waals surface area (Å²) in [5, 5.41) is 4.08. The molecule has 3 heterocycles. The maximum Gasteiger partial charge on any atom is 0.316 e. The Morgan fingerprint density at radius 3 is 2.95 bits per heavy atom. The summed E-state index contributed by atoms with van der Waals surface area (Å²) in [5.41, 5.74) is 0.895. The number of aromatic nitrogens is 4. The van der Waals surface area contributed by atoms with Crippen LogP contribution in [-0.4, -0.2) is 44.8 Å². The first-order valence-corrected chi connectivity index (χ1v) is 6.85. The van der Waals surface area contributed by atoms with Crippen LogP contribution in [0.1, 0.15) is 5.69 Å². The monoisotopic (exact) mass is 287 g/mol. The Bertz CT molecular complexity index is 666. The van der Waals surface area contributed by atoms with E-state index in [4.69, 9.17) is 4.74 Å². The van der Waals surface area contributed by atoms with E-state index in [1.165, 1.54) is 10.7 Å². The summed E-state index contributed by atoms with van der Waals surface area (Å²) < 4.78 is 6.54. The Hall–Kier alpha value is -2.28. The molecule has 7 heteroatoms. The van der Waals surface area contributed by atoms with Gasteiger partial charge in [0, 0.05) is 44.0 Å². The maximum atomic E-state index is 11.6. The van der Waals surface area contributed by atoms with Crippen LogP contribution in [0.4, 0.5) is 0 Å². The molecule has 3 rings (SSSR count). The molecule has 0 N–H and O–H groups in total. The van der Waals surface area contributed by atoms with Crippen molar-refractivity contribution in [3.8, 4) is 6.01 Å². The number of ether oxygens (including phenoxy) is 1. The third-order valence-electron chi connectivity index (χ3n) is 3.51. The molecule has 2 aromatic heterocycles. The average molecular weight is 287 g/mol. The van der Waals surface area contributed by atoms with Crippen LogP contribution in [0, 0.1) is 5.92 Å². The van der Waals surface area contributed by atoms with Gasteiger partial charge in [-0.1, -0.05) is 0 Å². The van der Waals surface area contributed by atoms with E-state index < -0.39 is 0 Å². The van der Waals surface area contributed by atoms with Gasteiger partial charge in [0.15, 0.2) is 0 Å². The third kappa shape index (κ3) is 3.25. The number of nitrogens with zero attached hydrogens (tertiary/aromatic N) is 5. The van der Waals surface area contributed by atoms with Gasteiger partial charge in [-0.05, 0) is 12.1 Å². The molecule has 0 spiro atoms. The molecule has 21 heavy (non-hydrogen) atoms. The quantitative estimate of drug-likeness (QED) is 0.781. The second-order valence-corrected chi connectivity index (χ2v) is 5.14. The van der Waals surface area contributed by atoms with Crippen LogP contribution in [0.3, 0.4) is 0 Å². The van der Waals surface area contributed by atoms with Crippen molar-refractivity contribution in [2.45, 2.75) is 13.1 Å². The molecule has 0 radical (unpaired) electrons. The molecule has 0 aromatic carbocycles. The van der Waals surface area contributed by atoms with Gasteiger partial charge in [0.1, 0.15) is 0 Å². The second-order valence-electron chi connectivity index (χ2n) is 5.14. The minimum atomic E-state index is -0.0449. The minimum Gasteiger partial charge on any atom is -0.467 e. The van der Waals surface area contributed by atoms with Crippen molar-refractivity contribution in [2.24, 2.45) is 5.92 Å². The van der Waals surface area contributed by atoms with Gasteiger partial charge in [-0.3, -0.25) is 9.69 Å². The van der Waals surface area contributed by atoms with E-state index in [9.17, 15) is 4.79 Å². The average Bonchev–Trinajstić information content (AvgIpc) is 2.47. The van der Waals surface area contributed by atoms with Crippen molar-refractivity contribution in [1.82, 2.24) is 24.6 Å². The molecular weight excluding hydrogens is 270 g/mol. The van der Waals surface area contributed by atoms with Crippen LogP contribution < -0.4 is 10.3 Å². The molecule has 0 atom stereocenters. The van der Waals surface area contributed by atoms with Crippen LogP contribution in [-0.2, 0) is 13.1 Å². The topological polar surface area (TPSA) is 73.1 Å². The summed E-state index contributed by atoms with van der Waals surface area (Å²) in [7, 11) is 1.56. The smallest absolute Gasteiger partial charge is 0.316 e. The van der Waals surface area contributed by atoms with Crippen molar-refractivity contribution in [1.29, 1.82) is 0 Å². The molecule has 0 unspecified atom stereocenters. The molecule has 0 amide bonds. The summed E-state index contributed by atoms with van der Waals surface area (Å²) >= 11 is 0. The fourth-order valence-corrected chi connectivity index (χ4v) is 2.48. The molecule has 0 saturated carbocycles. The van der Waals surface area contributed by atoms with Gasteiger partial charge < -0.3 is 4.74 Å². The normalized spacial score (nSPS) is 15.7. The van der Waals surface area contributed by atoms with Gasteiger partial charge in [-0.25, -0.2) is 9.67 Å². The fourth-order valence-electron chi connectivity index (χ4n) is 2.48. The van der Waals surface area contributed by atoms with E-state index in [1.54, 1.807) is 25.6 Å². The van der Waals surface area contributed by atoms with E-state index in [0.29, 0.717) is 18.5 Å². The molecule has 1 aliphatic heterocycles. The fraction of sp³-hybridized carbons (Fsp3) is 0.429. The summed E-state index contributed by atoms with van der Waals surface area (Å²) in [6.07, 6.45) is 3.34. The highest BCUT2D eigenvalue weighted by Crippen LogP contribution is 2.19. The molecule has 0 bridgehead atoms. The Labute approximate surface area is 122 Å². The molecule has 1 saturated heterocycles. The predicted molar refractivity (Wildman–Crippen MR) is 75.8 cm³/mol. The predicted octanol–water partition coefficient (Wildman–Crippen LogP) is 0.174. The van der Waals surface area contributed by atoms with Crippen molar-refractivity contribution >= 4 is 0 Å². The maximum absolute atomic E-state index is 11.6. The van der Waals surface area contributed by atoms with Crippen molar-refractivity contribution in [3.05, 3.63) is 46.6 Å². The first-order valence-electron chi connectivity index (χ1n) is 6.85. The van der Waals surface area contributed by atoms with Crippen molar-refractivity contribution in [2.75, 3.05) is 20.2 Å². The molecule has 0 aliphatic carbocycles. The highest BCUT2D eigenvalue weighted by atomic mass is 16.5. The highest BCUT2D eigenvalue weighted by molar-refractivity contribution is 5.06. The first kappa shape index (κ1) is 13.7. The second kappa shape index (κ2) is 6.01. The van der Waals surface area contributed by atoms with E-state index >= 15 is 0 Å². The largest absolute Gasteiger partial charge is 0.467 e. The SMILES string of the molecule is COc1nccc(CN2CC(Cn3ncccc3=O)C2)n1. The van der Waals surface area contributed by atoms with Gasteiger partial charge in [-0.2, -0.15) is 10.1 Å². The lowest BCUT2D eigenvalue weighted by Crippen LogP contribution is -2.48. The molecule has 1 fully saturated rings. The number of likely N-dealkylation sites (tertiary alicyclic amines) is 1. The Balaban J connectivity index is 1.52. The Morgan fingerprint density at radius 2 is 2.19 bits per heavy atom. The number of hydrogen-bond acceptors (Lipinski definition) is 6. The Kier molecular flexibility index (Phi) is 3.92. The zero-order valence-electron chi connectivity index (χ0n) is 11.8. The lowest BCUT2D eigenvalue weighted by molar-refractivity contribution is 0.0751. The van der Waals surface area contributed by atoms with E-state index in [1.807, 2.05) is 6.07 Å². The minimum absolute atomic E-state index is 0.0449. The van der Waals surface area contributed by atoms with Gasteiger partial charge in [0.2, 0.25) is 0 Å². The summed E-state index contributed by atoms with van der Waals surface area (Å²) in [5.74, 6) is 0.460. The first-order chi connectivity index (χ1) is 10.2. The number of hydrogen-bond donors (Lipinski definition) is 0. The van der Waals surface area contributed by atoms with Gasteiger partial charge in [0.05, 0.1) is 19.3 Å². The van der Waals surface area contributed by atoms with Crippen LogP contribution in [0.25, 0.3) is 0 Å². The molecule has 7 nitrogen and oxygen atoms in total. The highest BCUT2D eigenvalue weighted by Gasteiger charge is 2.27. The standard InChI is InChI=1S/C14H17N5O2/c1-21-14-15-6-4-12(17-14)10-18-7-11(8-18)9-19-13(20)3-2-5-16-19/h2-6,11H,7-10H2,1H3. The van der Waals surface area contributed by atoms with Crippen LogP contribution >= 0.6 is 0 Å². The van der Waals surface area contributed by atoms with Crippen molar-refractivity contribution < 1.29 is 4.74 Å². The zero-order chi connectivity index (χ0) is 14.7. The number of methoxy groups -OCH3 is 1. The summed E-state index contributed by atoms with van der Waals surface area (Å²) in [6, 6.07) is 5.48. The zero-order valence-corrected chi connectivity index (χ0v) is 11.8. The lowest BCUT2D eigenvalue weighted by atomic mass is 10.00. The van der Waals surface area contributed by atoms with Crippen LogP contribution in [0.2, 0.25) is 0 Å². The molecule has 110 valence electrons.